The number of anilines is 5. The Labute approximate surface area is 228 Å². The monoisotopic (exact) mass is 554 g/mol. The predicted molar refractivity (Wildman–Crippen MR) is 156 cm³/mol. The minimum absolute atomic E-state index is 0.186. The van der Waals surface area contributed by atoms with Crippen LogP contribution in [0.3, 0.4) is 0 Å². The fourth-order valence-corrected chi connectivity index (χ4v) is 5.70. The van der Waals surface area contributed by atoms with Crippen molar-refractivity contribution in [1.82, 2.24) is 14.9 Å². The summed E-state index contributed by atoms with van der Waals surface area (Å²) in [6, 6.07) is 11.1. The molecule has 0 saturated heterocycles. The van der Waals surface area contributed by atoms with E-state index in [-0.39, 0.29) is 17.4 Å². The molecule has 2 aromatic carbocycles. The number of halogens is 1. The highest BCUT2D eigenvalue weighted by atomic mass is 35.5. The molecule has 0 bridgehead atoms. The van der Waals surface area contributed by atoms with Crippen LogP contribution in [0.15, 0.2) is 55.3 Å². The molecule has 11 heteroatoms. The molecule has 0 radical (unpaired) electrons. The number of aromatic nitrogens is 2. The summed E-state index contributed by atoms with van der Waals surface area (Å²) in [4.78, 5) is 23.3. The van der Waals surface area contributed by atoms with E-state index in [4.69, 9.17) is 16.3 Å². The number of methoxy groups -OCH3 is 1. The van der Waals surface area contributed by atoms with Gasteiger partial charge >= 0.3 is 0 Å². The van der Waals surface area contributed by atoms with Gasteiger partial charge in [-0.05, 0) is 76.2 Å². The number of nitrogens with zero attached hydrogens (tertiary/aromatic N) is 3. The second kappa shape index (κ2) is 10.8. The number of carbonyl (C=O) groups is 1. The molecule has 38 heavy (non-hydrogen) atoms. The van der Waals surface area contributed by atoms with Crippen LogP contribution in [0, 0.1) is 0 Å². The third-order valence-corrected chi connectivity index (χ3v) is 8.42. The van der Waals surface area contributed by atoms with Crippen molar-refractivity contribution < 1.29 is 14.1 Å². The number of amides is 1. The number of ether oxygens (including phenoxy) is 1. The summed E-state index contributed by atoms with van der Waals surface area (Å²) in [6.07, 6.45) is 4.64. The van der Waals surface area contributed by atoms with Crippen LogP contribution >= 0.6 is 18.7 Å². The molecular formula is C27H32ClN6O3P. The number of hydrogen-bond donors (Lipinski definition) is 3. The molecule has 0 aliphatic heterocycles. The molecule has 0 spiro atoms. The summed E-state index contributed by atoms with van der Waals surface area (Å²) in [6.45, 7) is 7.00. The summed E-state index contributed by atoms with van der Waals surface area (Å²) >= 11 is 6.41. The fourth-order valence-electron chi connectivity index (χ4n) is 4.41. The van der Waals surface area contributed by atoms with Crippen LogP contribution in [0.4, 0.5) is 28.8 Å². The molecule has 4 rings (SSSR count). The normalized spacial score (nSPS) is 14.1. The second-order valence-electron chi connectivity index (χ2n) is 9.73. The molecule has 0 atom stereocenters. The SMILES string of the molecule is C=CC(=O)Nc1cc(Nc2ncc(Cl)c(Nc3ccccc3P(C)(C)=O)n2)c(OC)cc1C1(N(C)C)CC1. The van der Waals surface area contributed by atoms with Crippen molar-refractivity contribution in [1.29, 1.82) is 0 Å². The first kappa shape index (κ1) is 27.6. The lowest BCUT2D eigenvalue weighted by molar-refractivity contribution is -0.111. The van der Waals surface area contributed by atoms with Crippen LogP contribution in [0.1, 0.15) is 18.4 Å². The largest absolute Gasteiger partial charge is 0.495 e. The zero-order valence-electron chi connectivity index (χ0n) is 22.1. The van der Waals surface area contributed by atoms with E-state index in [1.165, 1.54) is 12.3 Å². The van der Waals surface area contributed by atoms with Gasteiger partial charge in [0.1, 0.15) is 17.9 Å². The van der Waals surface area contributed by atoms with Gasteiger partial charge in [-0.15, -0.1) is 0 Å². The number of rotatable bonds is 10. The van der Waals surface area contributed by atoms with E-state index >= 15 is 0 Å². The number of hydrogen-bond acceptors (Lipinski definition) is 8. The molecule has 9 nitrogen and oxygen atoms in total. The van der Waals surface area contributed by atoms with E-state index in [1.807, 2.05) is 50.5 Å². The molecule has 200 valence electrons. The van der Waals surface area contributed by atoms with E-state index in [9.17, 15) is 9.36 Å². The van der Waals surface area contributed by atoms with E-state index in [0.29, 0.717) is 39.0 Å². The van der Waals surface area contributed by atoms with Crippen LogP contribution in [0.2, 0.25) is 5.02 Å². The Morgan fingerprint density at radius 3 is 2.47 bits per heavy atom. The van der Waals surface area contributed by atoms with Crippen LogP contribution in [-0.4, -0.2) is 55.3 Å². The van der Waals surface area contributed by atoms with E-state index in [2.05, 4.69) is 37.4 Å². The van der Waals surface area contributed by atoms with Gasteiger partial charge < -0.3 is 25.3 Å². The minimum Gasteiger partial charge on any atom is -0.495 e. The summed E-state index contributed by atoms with van der Waals surface area (Å²) in [5.41, 5.74) is 2.63. The average molecular weight is 555 g/mol. The lowest BCUT2D eigenvalue weighted by Crippen LogP contribution is -2.29. The van der Waals surface area contributed by atoms with E-state index in [1.54, 1.807) is 20.4 Å². The lowest BCUT2D eigenvalue weighted by atomic mass is 9.99. The van der Waals surface area contributed by atoms with Crippen molar-refractivity contribution in [2.75, 3.05) is 50.5 Å². The number of benzene rings is 2. The van der Waals surface area contributed by atoms with Gasteiger partial charge in [0, 0.05) is 16.5 Å². The molecule has 0 unspecified atom stereocenters. The van der Waals surface area contributed by atoms with Gasteiger partial charge in [-0.3, -0.25) is 9.69 Å². The topological polar surface area (TPSA) is 108 Å². The molecule has 3 N–H and O–H groups in total. The van der Waals surface area contributed by atoms with Gasteiger partial charge in [-0.1, -0.05) is 30.3 Å². The summed E-state index contributed by atoms with van der Waals surface area (Å²) < 4.78 is 18.5. The Balaban J connectivity index is 1.72. The van der Waals surface area contributed by atoms with Crippen LogP contribution in [-0.2, 0) is 14.9 Å². The van der Waals surface area contributed by atoms with Crippen molar-refractivity contribution in [2.24, 2.45) is 0 Å². The predicted octanol–water partition coefficient (Wildman–Crippen LogP) is 5.55. The fraction of sp³-hybridized carbons (Fsp3) is 0.296. The zero-order chi connectivity index (χ0) is 27.7. The highest BCUT2D eigenvalue weighted by molar-refractivity contribution is 7.70. The van der Waals surface area contributed by atoms with Gasteiger partial charge in [0.05, 0.1) is 24.7 Å². The van der Waals surface area contributed by atoms with Crippen LogP contribution < -0.4 is 26.0 Å². The summed E-state index contributed by atoms with van der Waals surface area (Å²) in [5, 5.41) is 10.3. The van der Waals surface area contributed by atoms with Gasteiger partial charge in [0.2, 0.25) is 11.9 Å². The Morgan fingerprint density at radius 2 is 1.87 bits per heavy atom. The summed E-state index contributed by atoms with van der Waals surface area (Å²) in [5.74, 6) is 0.867. The van der Waals surface area contributed by atoms with E-state index < -0.39 is 7.14 Å². The molecule has 1 aliphatic rings. The highest BCUT2D eigenvalue weighted by Crippen LogP contribution is 2.54. The Hall–Kier alpha value is -3.39. The first-order valence-corrected chi connectivity index (χ1v) is 15.0. The summed E-state index contributed by atoms with van der Waals surface area (Å²) in [7, 11) is 3.08. The second-order valence-corrected chi connectivity index (χ2v) is 13.3. The average Bonchev–Trinajstić information content (AvgIpc) is 3.68. The van der Waals surface area contributed by atoms with Crippen molar-refractivity contribution in [3.63, 3.8) is 0 Å². The van der Waals surface area contributed by atoms with Gasteiger partial charge in [-0.2, -0.15) is 4.98 Å². The molecule has 3 aromatic rings. The van der Waals surface area contributed by atoms with Gasteiger partial charge in [-0.25, -0.2) is 4.98 Å². The maximum Gasteiger partial charge on any atom is 0.247 e. The Kier molecular flexibility index (Phi) is 7.83. The standard InChI is InChI=1S/C27H32ClN6O3P/c1-7-24(35)30-20-15-21(22(37-4)14-17(20)27(12-13-27)34(2)3)32-26-29-16-18(28)25(33-26)31-19-10-8-9-11-23(19)38(5,6)36/h7-11,14-16H,1,12-13H2,2-6H3,(H,30,35)(H2,29,31,32,33). The van der Waals surface area contributed by atoms with Crippen molar-refractivity contribution in [3.05, 3.63) is 65.8 Å². The van der Waals surface area contributed by atoms with Crippen LogP contribution in [0.25, 0.3) is 0 Å². The number of nitrogens with one attached hydrogen (secondary N) is 3. The van der Waals surface area contributed by atoms with Crippen molar-refractivity contribution in [2.45, 2.75) is 18.4 Å². The van der Waals surface area contributed by atoms with E-state index in [0.717, 1.165) is 18.4 Å². The maximum absolute atomic E-state index is 12.8. The molecular weight excluding hydrogens is 523 g/mol. The zero-order valence-corrected chi connectivity index (χ0v) is 23.8. The minimum atomic E-state index is -2.55. The van der Waals surface area contributed by atoms with Gasteiger partial charge in [0.15, 0.2) is 5.82 Å². The molecule has 1 saturated carbocycles. The number of para-hydroxylation sites is 1. The lowest BCUT2D eigenvalue weighted by Gasteiger charge is -2.28. The molecule has 1 amide bonds. The Morgan fingerprint density at radius 1 is 1.16 bits per heavy atom. The maximum atomic E-state index is 12.8. The first-order valence-electron chi connectivity index (χ1n) is 12.0. The van der Waals surface area contributed by atoms with Crippen LogP contribution in [0.5, 0.6) is 5.75 Å². The third-order valence-electron chi connectivity index (χ3n) is 6.59. The Bertz CT molecular complexity index is 1430. The van der Waals surface area contributed by atoms with Crippen molar-refractivity contribution >= 4 is 58.8 Å². The molecule has 1 fully saturated rings. The molecule has 1 aromatic heterocycles. The molecule has 1 heterocycles. The van der Waals surface area contributed by atoms with Crippen molar-refractivity contribution in [3.8, 4) is 5.75 Å². The number of carbonyl (C=O) groups excluding carboxylic acids is 1. The van der Waals surface area contributed by atoms with Gasteiger partial charge in [0.25, 0.3) is 0 Å². The quantitative estimate of drug-likeness (QED) is 0.221. The third kappa shape index (κ3) is 5.70. The smallest absolute Gasteiger partial charge is 0.247 e. The highest BCUT2D eigenvalue weighted by Gasteiger charge is 2.48. The molecule has 1 aliphatic carbocycles. The first-order chi connectivity index (χ1) is 18.0.